The van der Waals surface area contributed by atoms with Crippen LogP contribution in [0.25, 0.3) is 0 Å². The Hall–Kier alpha value is -1.55. The van der Waals surface area contributed by atoms with E-state index in [2.05, 4.69) is 5.32 Å². The maximum atomic E-state index is 11.4. The summed E-state index contributed by atoms with van der Waals surface area (Å²) in [6.07, 6.45) is 0.364. The number of hydrogen-bond acceptors (Lipinski definition) is 3. The van der Waals surface area contributed by atoms with Crippen LogP contribution < -0.4 is 11.1 Å². The van der Waals surface area contributed by atoms with Gasteiger partial charge in [-0.2, -0.15) is 0 Å². The van der Waals surface area contributed by atoms with E-state index in [4.69, 9.17) is 10.5 Å². The molecule has 82 valence electrons. The molecule has 0 unspecified atom stereocenters. The van der Waals surface area contributed by atoms with Gasteiger partial charge in [0.05, 0.1) is 13.0 Å². The van der Waals surface area contributed by atoms with Gasteiger partial charge in [0.1, 0.15) is 0 Å². The lowest BCUT2D eigenvalue weighted by Crippen LogP contribution is -2.14. The Morgan fingerprint density at radius 2 is 2.33 bits per heavy atom. The fraction of sp³-hybridized carbons (Fsp3) is 0.364. The van der Waals surface area contributed by atoms with Crippen molar-refractivity contribution in [3.8, 4) is 0 Å². The first-order valence-corrected chi connectivity index (χ1v) is 4.95. The van der Waals surface area contributed by atoms with Gasteiger partial charge in [-0.05, 0) is 25.1 Å². The molecule has 0 fully saturated rings. The molecule has 0 atom stereocenters. The lowest BCUT2D eigenvalue weighted by molar-refractivity contribution is -0.117. The van der Waals surface area contributed by atoms with Crippen LogP contribution in [-0.2, 0) is 9.53 Å². The molecule has 0 bridgehead atoms. The van der Waals surface area contributed by atoms with Gasteiger partial charge in [-0.3, -0.25) is 4.79 Å². The van der Waals surface area contributed by atoms with Gasteiger partial charge in [0, 0.05) is 18.0 Å². The van der Waals surface area contributed by atoms with E-state index in [1.165, 1.54) is 0 Å². The number of nitrogens with one attached hydrogen (secondary N) is 1. The SMILES string of the molecule is CCOCCC(=O)Nc1cccc(N)c1. The van der Waals surface area contributed by atoms with Crippen molar-refractivity contribution in [3.05, 3.63) is 24.3 Å². The third-order valence-electron chi connectivity index (χ3n) is 1.85. The van der Waals surface area contributed by atoms with E-state index < -0.39 is 0 Å². The van der Waals surface area contributed by atoms with Crippen LogP contribution in [0.2, 0.25) is 0 Å². The number of rotatable bonds is 5. The zero-order chi connectivity index (χ0) is 11.1. The van der Waals surface area contributed by atoms with Crippen molar-refractivity contribution in [2.45, 2.75) is 13.3 Å². The van der Waals surface area contributed by atoms with Gasteiger partial charge in [0.25, 0.3) is 0 Å². The van der Waals surface area contributed by atoms with E-state index in [0.29, 0.717) is 25.3 Å². The second-order valence-electron chi connectivity index (χ2n) is 3.12. The molecule has 3 N–H and O–H groups in total. The van der Waals surface area contributed by atoms with Crippen molar-refractivity contribution in [2.75, 3.05) is 24.3 Å². The van der Waals surface area contributed by atoms with Crippen LogP contribution in [0.5, 0.6) is 0 Å². The van der Waals surface area contributed by atoms with Crippen LogP contribution in [-0.4, -0.2) is 19.1 Å². The summed E-state index contributed by atoms with van der Waals surface area (Å²) in [5.74, 6) is -0.0611. The largest absolute Gasteiger partial charge is 0.399 e. The Morgan fingerprint density at radius 3 is 3.00 bits per heavy atom. The maximum absolute atomic E-state index is 11.4. The van der Waals surface area contributed by atoms with E-state index in [1.54, 1.807) is 24.3 Å². The van der Waals surface area contributed by atoms with Crippen molar-refractivity contribution in [1.29, 1.82) is 0 Å². The monoisotopic (exact) mass is 208 g/mol. The molecule has 4 nitrogen and oxygen atoms in total. The third-order valence-corrected chi connectivity index (χ3v) is 1.85. The number of ether oxygens (including phenoxy) is 1. The highest BCUT2D eigenvalue weighted by Gasteiger charge is 2.01. The molecule has 0 aliphatic carbocycles. The van der Waals surface area contributed by atoms with Crippen molar-refractivity contribution < 1.29 is 9.53 Å². The van der Waals surface area contributed by atoms with Gasteiger partial charge >= 0.3 is 0 Å². The van der Waals surface area contributed by atoms with Crippen molar-refractivity contribution >= 4 is 17.3 Å². The van der Waals surface area contributed by atoms with Crippen LogP contribution in [0.15, 0.2) is 24.3 Å². The Balaban J connectivity index is 2.37. The first-order valence-electron chi connectivity index (χ1n) is 4.95. The van der Waals surface area contributed by atoms with Crippen molar-refractivity contribution in [2.24, 2.45) is 0 Å². The Kier molecular flexibility index (Phi) is 4.63. The van der Waals surface area contributed by atoms with Crippen LogP contribution >= 0.6 is 0 Å². The summed E-state index contributed by atoms with van der Waals surface area (Å²) in [5, 5.41) is 2.74. The standard InChI is InChI=1S/C11H16N2O2/c1-2-15-7-6-11(14)13-10-5-3-4-9(12)8-10/h3-5,8H,2,6-7,12H2,1H3,(H,13,14). The van der Waals surface area contributed by atoms with Gasteiger partial charge in [-0.1, -0.05) is 6.07 Å². The Bertz CT molecular complexity index is 326. The molecule has 0 spiro atoms. The zero-order valence-corrected chi connectivity index (χ0v) is 8.82. The van der Waals surface area contributed by atoms with E-state index in [0.717, 1.165) is 5.69 Å². The summed E-state index contributed by atoms with van der Waals surface area (Å²) in [6.45, 7) is 2.98. The average Bonchev–Trinajstić information content (AvgIpc) is 2.18. The van der Waals surface area contributed by atoms with E-state index >= 15 is 0 Å². The number of anilines is 2. The predicted molar refractivity (Wildman–Crippen MR) is 60.6 cm³/mol. The fourth-order valence-electron chi connectivity index (χ4n) is 1.15. The molecule has 0 aliphatic heterocycles. The molecule has 0 radical (unpaired) electrons. The summed E-state index contributed by atoms with van der Waals surface area (Å²) in [6, 6.07) is 7.09. The molecule has 0 heterocycles. The minimum atomic E-state index is -0.0611. The molecule has 0 saturated carbocycles. The molecule has 0 aromatic heterocycles. The highest BCUT2D eigenvalue weighted by atomic mass is 16.5. The van der Waals surface area contributed by atoms with Crippen LogP contribution in [0.1, 0.15) is 13.3 Å². The highest BCUT2D eigenvalue weighted by Crippen LogP contribution is 2.11. The number of nitrogen functional groups attached to an aromatic ring is 1. The first-order chi connectivity index (χ1) is 7.22. The van der Waals surface area contributed by atoms with Crippen LogP contribution in [0.4, 0.5) is 11.4 Å². The molecule has 0 aliphatic rings. The topological polar surface area (TPSA) is 64.3 Å². The molecule has 1 aromatic carbocycles. The quantitative estimate of drug-likeness (QED) is 0.571. The van der Waals surface area contributed by atoms with Gasteiger partial charge in [-0.25, -0.2) is 0 Å². The van der Waals surface area contributed by atoms with Crippen LogP contribution in [0, 0.1) is 0 Å². The molecular formula is C11H16N2O2. The van der Waals surface area contributed by atoms with Crippen molar-refractivity contribution in [1.82, 2.24) is 0 Å². The third kappa shape index (κ3) is 4.46. The highest BCUT2D eigenvalue weighted by molar-refractivity contribution is 5.91. The van der Waals surface area contributed by atoms with Gasteiger partial charge in [0.2, 0.25) is 5.91 Å². The molecule has 1 amide bonds. The molecule has 1 aromatic rings. The van der Waals surface area contributed by atoms with Crippen LogP contribution in [0.3, 0.4) is 0 Å². The average molecular weight is 208 g/mol. The normalized spacial score (nSPS) is 9.93. The van der Waals surface area contributed by atoms with E-state index in [-0.39, 0.29) is 5.91 Å². The summed E-state index contributed by atoms with van der Waals surface area (Å²) in [4.78, 5) is 11.4. The molecule has 15 heavy (non-hydrogen) atoms. The zero-order valence-electron chi connectivity index (χ0n) is 8.82. The van der Waals surface area contributed by atoms with E-state index in [9.17, 15) is 4.79 Å². The van der Waals surface area contributed by atoms with Gasteiger partial charge in [0.15, 0.2) is 0 Å². The second-order valence-corrected chi connectivity index (χ2v) is 3.12. The number of nitrogens with two attached hydrogens (primary N) is 1. The van der Waals surface area contributed by atoms with E-state index in [1.807, 2.05) is 6.92 Å². The lowest BCUT2D eigenvalue weighted by Gasteiger charge is -2.05. The lowest BCUT2D eigenvalue weighted by atomic mass is 10.3. The number of carbonyl (C=O) groups is 1. The summed E-state index contributed by atoms with van der Waals surface area (Å²) in [5.41, 5.74) is 6.94. The predicted octanol–water partition coefficient (Wildman–Crippen LogP) is 1.63. The number of hydrogen-bond donors (Lipinski definition) is 2. The molecule has 0 saturated heterocycles. The minimum absolute atomic E-state index is 0.0611. The summed E-state index contributed by atoms with van der Waals surface area (Å²) >= 11 is 0. The Labute approximate surface area is 89.4 Å². The smallest absolute Gasteiger partial charge is 0.226 e. The maximum Gasteiger partial charge on any atom is 0.226 e. The summed E-state index contributed by atoms with van der Waals surface area (Å²) < 4.78 is 5.08. The fourth-order valence-corrected chi connectivity index (χ4v) is 1.15. The Morgan fingerprint density at radius 1 is 1.53 bits per heavy atom. The van der Waals surface area contributed by atoms with Gasteiger partial charge in [-0.15, -0.1) is 0 Å². The minimum Gasteiger partial charge on any atom is -0.399 e. The number of benzene rings is 1. The summed E-state index contributed by atoms with van der Waals surface area (Å²) in [7, 11) is 0. The van der Waals surface area contributed by atoms with Gasteiger partial charge < -0.3 is 15.8 Å². The van der Waals surface area contributed by atoms with Crippen molar-refractivity contribution in [3.63, 3.8) is 0 Å². The molecular weight excluding hydrogens is 192 g/mol. The second kappa shape index (κ2) is 6.03. The molecule has 4 heteroatoms. The number of carbonyl (C=O) groups excluding carboxylic acids is 1. The number of amides is 1. The molecule has 1 rings (SSSR count). The first kappa shape index (κ1) is 11.5.